The van der Waals surface area contributed by atoms with Gasteiger partial charge in [0.2, 0.25) is 5.95 Å². The maximum Gasteiger partial charge on any atom is 0.269 e. The molecule has 0 fully saturated rings. The maximum atomic E-state index is 12.6. The normalized spacial score (nSPS) is 10.4. The second kappa shape index (κ2) is 7.56. The van der Waals surface area contributed by atoms with E-state index in [1.165, 1.54) is 35.2 Å². The second-order valence-corrected chi connectivity index (χ2v) is 5.76. The van der Waals surface area contributed by atoms with E-state index >= 15 is 0 Å². The quantitative estimate of drug-likeness (QED) is 0.546. The van der Waals surface area contributed by atoms with Gasteiger partial charge in [0.15, 0.2) is 0 Å². The Hall–Kier alpha value is -3.88. The van der Waals surface area contributed by atoms with Crippen LogP contribution in [-0.2, 0) is 6.54 Å². The van der Waals surface area contributed by atoms with Crippen molar-refractivity contribution in [2.24, 2.45) is 0 Å². The minimum Gasteiger partial charge on any atom is -0.310 e. The van der Waals surface area contributed by atoms with Crippen LogP contribution in [0.3, 0.4) is 0 Å². The van der Waals surface area contributed by atoms with Gasteiger partial charge in [0.1, 0.15) is 5.56 Å². The van der Waals surface area contributed by atoms with Crippen LogP contribution in [0.1, 0.15) is 21.6 Å². The van der Waals surface area contributed by atoms with Gasteiger partial charge in [-0.15, -0.1) is 0 Å². The van der Waals surface area contributed by atoms with E-state index in [0.29, 0.717) is 11.3 Å². The molecule has 0 aliphatic carbocycles. The summed E-state index contributed by atoms with van der Waals surface area (Å²) in [5.41, 5.74) is 0.593. The number of pyridine rings is 1. The summed E-state index contributed by atoms with van der Waals surface area (Å²) in [6.07, 6.45) is 3.02. The van der Waals surface area contributed by atoms with Gasteiger partial charge in [-0.1, -0.05) is 12.1 Å². The first-order chi connectivity index (χ1) is 12.9. The highest BCUT2D eigenvalue weighted by molar-refractivity contribution is 6.03. The number of amides is 1. The largest absolute Gasteiger partial charge is 0.310 e. The molecule has 9 heteroatoms. The van der Waals surface area contributed by atoms with Crippen LogP contribution in [0.4, 0.5) is 11.6 Å². The van der Waals surface area contributed by atoms with E-state index in [4.69, 9.17) is 0 Å². The average Bonchev–Trinajstić information content (AvgIpc) is 2.63. The van der Waals surface area contributed by atoms with Crippen LogP contribution in [-0.4, -0.2) is 25.4 Å². The lowest BCUT2D eigenvalue weighted by molar-refractivity contribution is -0.384. The highest BCUT2D eigenvalue weighted by atomic mass is 16.6. The first-order valence-electron chi connectivity index (χ1n) is 7.98. The third-order valence-electron chi connectivity index (χ3n) is 3.76. The van der Waals surface area contributed by atoms with E-state index < -0.39 is 16.4 Å². The van der Waals surface area contributed by atoms with Gasteiger partial charge in [-0.2, -0.15) is 0 Å². The highest BCUT2D eigenvalue weighted by Crippen LogP contribution is 2.13. The Morgan fingerprint density at radius 3 is 2.81 bits per heavy atom. The van der Waals surface area contributed by atoms with E-state index in [9.17, 15) is 19.7 Å². The zero-order chi connectivity index (χ0) is 19.4. The Morgan fingerprint density at radius 2 is 2.07 bits per heavy atom. The van der Waals surface area contributed by atoms with E-state index in [-0.39, 0.29) is 23.7 Å². The lowest BCUT2D eigenvalue weighted by atomic mass is 10.2. The summed E-state index contributed by atoms with van der Waals surface area (Å²) in [6, 6.07) is 10.6. The monoisotopic (exact) mass is 365 g/mol. The van der Waals surface area contributed by atoms with Crippen molar-refractivity contribution in [3.63, 3.8) is 0 Å². The third kappa shape index (κ3) is 4.21. The summed E-state index contributed by atoms with van der Waals surface area (Å²) in [6.45, 7) is 1.86. The fourth-order valence-corrected chi connectivity index (χ4v) is 2.48. The Kier molecular flexibility index (Phi) is 5.02. The molecule has 0 unspecified atom stereocenters. The molecule has 136 valence electrons. The number of aryl methyl sites for hydroxylation is 1. The number of non-ortho nitro benzene ring substituents is 1. The first-order valence-corrected chi connectivity index (χ1v) is 7.98. The van der Waals surface area contributed by atoms with Crippen molar-refractivity contribution in [3.05, 3.63) is 92.1 Å². The average molecular weight is 365 g/mol. The van der Waals surface area contributed by atoms with Crippen LogP contribution in [0.5, 0.6) is 0 Å². The van der Waals surface area contributed by atoms with Crippen molar-refractivity contribution in [1.29, 1.82) is 0 Å². The Morgan fingerprint density at radius 1 is 1.26 bits per heavy atom. The van der Waals surface area contributed by atoms with Gasteiger partial charge in [0, 0.05) is 30.2 Å². The van der Waals surface area contributed by atoms with Crippen LogP contribution in [0.15, 0.2) is 59.7 Å². The fraction of sp³-hybridized carbons (Fsp3) is 0.111. The number of benzene rings is 1. The van der Waals surface area contributed by atoms with Crippen molar-refractivity contribution < 1.29 is 9.72 Å². The number of nitro groups is 1. The predicted molar refractivity (Wildman–Crippen MR) is 97.6 cm³/mol. The number of hydrogen-bond donors (Lipinski definition) is 1. The molecule has 3 aromatic rings. The van der Waals surface area contributed by atoms with Gasteiger partial charge in [0.25, 0.3) is 17.2 Å². The van der Waals surface area contributed by atoms with Crippen LogP contribution in [0, 0.1) is 17.0 Å². The number of nitrogens with one attached hydrogen (secondary N) is 1. The van der Waals surface area contributed by atoms with Crippen molar-refractivity contribution in [2.75, 3.05) is 5.32 Å². The van der Waals surface area contributed by atoms with E-state index in [0.717, 1.165) is 0 Å². The summed E-state index contributed by atoms with van der Waals surface area (Å²) in [5.74, 6) is -0.521. The topological polar surface area (TPSA) is 120 Å². The Labute approximate surface area is 153 Å². The third-order valence-corrected chi connectivity index (χ3v) is 3.76. The molecule has 27 heavy (non-hydrogen) atoms. The molecule has 2 heterocycles. The van der Waals surface area contributed by atoms with Crippen molar-refractivity contribution in [1.82, 2.24) is 14.5 Å². The Bertz CT molecular complexity index is 1080. The molecule has 0 bridgehead atoms. The summed E-state index contributed by atoms with van der Waals surface area (Å²) < 4.78 is 1.31. The molecule has 1 amide bonds. The summed E-state index contributed by atoms with van der Waals surface area (Å²) in [5, 5.41) is 13.4. The molecule has 0 spiro atoms. The minimum atomic E-state index is -0.626. The van der Waals surface area contributed by atoms with Gasteiger partial charge < -0.3 is 4.57 Å². The number of hydrogen-bond acceptors (Lipinski definition) is 6. The first kappa shape index (κ1) is 17.9. The number of rotatable bonds is 5. The smallest absolute Gasteiger partial charge is 0.269 e. The zero-order valence-electron chi connectivity index (χ0n) is 14.3. The molecule has 0 aliphatic heterocycles. The fourth-order valence-electron chi connectivity index (χ4n) is 2.48. The van der Waals surface area contributed by atoms with Gasteiger partial charge in [-0.05, 0) is 30.7 Å². The molecular weight excluding hydrogens is 350 g/mol. The number of carbonyl (C=O) groups excluding carboxylic acids is 1. The SMILES string of the molecule is Cc1ccnc(NC(=O)c2cccn(Cc3cccc([N+](=O)[O-])c3)c2=O)n1. The van der Waals surface area contributed by atoms with Gasteiger partial charge in [0.05, 0.1) is 11.5 Å². The van der Waals surface area contributed by atoms with Crippen LogP contribution in [0.2, 0.25) is 0 Å². The minimum absolute atomic E-state index is 0.0638. The number of aromatic nitrogens is 3. The van der Waals surface area contributed by atoms with Crippen LogP contribution >= 0.6 is 0 Å². The predicted octanol–water partition coefficient (Wildman–Crippen LogP) is 2.16. The molecule has 0 atom stereocenters. The molecule has 9 nitrogen and oxygen atoms in total. The molecule has 0 saturated carbocycles. The molecule has 1 N–H and O–H groups in total. The molecular formula is C18H15N5O4. The van der Waals surface area contributed by atoms with Gasteiger partial charge in [-0.25, -0.2) is 9.97 Å². The standard InChI is InChI=1S/C18H15N5O4/c1-12-7-8-19-18(20-12)21-16(24)15-6-3-9-22(17(15)25)11-13-4-2-5-14(10-13)23(26)27/h2-10H,11H2,1H3,(H,19,20,21,24). The molecule has 0 aliphatic rings. The molecule has 1 aromatic carbocycles. The summed E-state index contributed by atoms with van der Waals surface area (Å²) in [7, 11) is 0. The summed E-state index contributed by atoms with van der Waals surface area (Å²) >= 11 is 0. The number of nitro benzene ring substituents is 1. The van der Waals surface area contributed by atoms with E-state index in [1.807, 2.05) is 0 Å². The number of anilines is 1. The summed E-state index contributed by atoms with van der Waals surface area (Å²) in [4.78, 5) is 43.4. The van der Waals surface area contributed by atoms with Crippen molar-refractivity contribution in [3.8, 4) is 0 Å². The van der Waals surface area contributed by atoms with Crippen molar-refractivity contribution in [2.45, 2.75) is 13.5 Å². The van der Waals surface area contributed by atoms with Crippen molar-refractivity contribution >= 4 is 17.5 Å². The number of carbonyl (C=O) groups is 1. The van der Waals surface area contributed by atoms with Gasteiger partial charge in [-0.3, -0.25) is 25.0 Å². The zero-order valence-corrected chi connectivity index (χ0v) is 14.3. The Balaban J connectivity index is 1.85. The van der Waals surface area contributed by atoms with Gasteiger partial charge >= 0.3 is 0 Å². The van der Waals surface area contributed by atoms with Crippen LogP contribution < -0.4 is 10.9 Å². The molecule has 2 aromatic heterocycles. The number of nitrogens with zero attached hydrogens (tertiary/aromatic N) is 4. The highest BCUT2D eigenvalue weighted by Gasteiger charge is 2.14. The lowest BCUT2D eigenvalue weighted by Crippen LogP contribution is -2.29. The molecule has 0 radical (unpaired) electrons. The second-order valence-electron chi connectivity index (χ2n) is 5.76. The maximum absolute atomic E-state index is 12.6. The molecule has 0 saturated heterocycles. The van der Waals surface area contributed by atoms with Crippen LogP contribution in [0.25, 0.3) is 0 Å². The van der Waals surface area contributed by atoms with E-state index in [2.05, 4.69) is 15.3 Å². The molecule has 3 rings (SSSR count). The van der Waals surface area contributed by atoms with E-state index in [1.54, 1.807) is 31.2 Å². The lowest BCUT2D eigenvalue weighted by Gasteiger charge is -2.08.